The molecule has 4 heterocycles. The molecular weight excluding hydrogens is 899 g/mol. The summed E-state index contributed by atoms with van der Waals surface area (Å²) in [5.41, 5.74) is -1.90. The number of amides is 3. The molecule has 3 N–H and O–H groups in total. The minimum Gasteiger partial charge on any atom is -0.485 e. The third-order valence-electron chi connectivity index (χ3n) is 9.01. The van der Waals surface area contributed by atoms with Gasteiger partial charge in [0.1, 0.15) is 41.8 Å². The van der Waals surface area contributed by atoms with Gasteiger partial charge in [-0.1, -0.05) is 71.0 Å². The lowest BCUT2D eigenvalue weighted by Crippen LogP contribution is -2.73. The molecule has 66 heavy (non-hydrogen) atoms. The number of nitrogens with one attached hydrogen (secondary N) is 2. The Hall–Kier alpha value is -6.98. The summed E-state index contributed by atoms with van der Waals surface area (Å²) in [5.74, 6) is -2.42. The van der Waals surface area contributed by atoms with Crippen molar-refractivity contribution in [1.82, 2.24) is 34.6 Å². The third-order valence-corrected chi connectivity index (χ3v) is 10.7. The number of pyridine rings is 1. The smallest absolute Gasteiger partial charge is 0.413 e. The predicted molar refractivity (Wildman–Crippen MR) is 238 cm³/mol. The van der Waals surface area contributed by atoms with Crippen LogP contribution in [-0.2, 0) is 58.8 Å². The Kier molecular flexibility index (Phi) is 14.4. The second kappa shape index (κ2) is 19.6. The number of hydrogen-bond acceptors (Lipinski definition) is 17. The first-order chi connectivity index (χ1) is 31.0. The molecule has 0 spiro atoms. The van der Waals surface area contributed by atoms with Crippen molar-refractivity contribution >= 4 is 56.4 Å². The monoisotopic (exact) mass is 947 g/mol. The number of ether oxygens (including phenoxy) is 4. The SMILES string of the molecule is CC(C)(C)OC(=O)Nc1nc(/C(=N/OC(C)(C)C(=O)OC(C)(C)C)C(=O)N[C@@H]2C(=O)N(S(=O)(=O)O)[C@@H]2Cn2cc(-c3cc(OCc4ccccc4)c(OCc4ccccc4)cn3)nn2)cs1. The molecule has 0 aliphatic carbocycles. The molecule has 5 aromatic rings. The maximum Gasteiger partial charge on any atom is 0.413 e. The van der Waals surface area contributed by atoms with E-state index in [9.17, 15) is 32.1 Å². The fourth-order valence-electron chi connectivity index (χ4n) is 5.94. The Bertz CT molecular complexity index is 2700. The number of esters is 1. The minimum atomic E-state index is -5.15. The molecule has 6 rings (SSSR count). The lowest BCUT2D eigenvalue weighted by atomic mass is 9.98. The average molecular weight is 948 g/mol. The second-order valence-corrected chi connectivity index (χ2v) is 19.4. The normalized spacial score (nSPS) is 15.6. The molecule has 3 aromatic heterocycles. The van der Waals surface area contributed by atoms with Gasteiger partial charge in [-0.05, 0) is 66.5 Å². The van der Waals surface area contributed by atoms with Crippen LogP contribution in [0.15, 0.2) is 89.7 Å². The van der Waals surface area contributed by atoms with E-state index in [4.69, 9.17) is 23.8 Å². The molecule has 2 aromatic carbocycles. The van der Waals surface area contributed by atoms with Gasteiger partial charge in [0, 0.05) is 11.4 Å². The third kappa shape index (κ3) is 12.8. The first-order valence-electron chi connectivity index (χ1n) is 20.3. The van der Waals surface area contributed by atoms with Gasteiger partial charge in [0.15, 0.2) is 22.3 Å². The molecule has 0 unspecified atom stereocenters. The summed E-state index contributed by atoms with van der Waals surface area (Å²) in [6, 6.07) is 17.6. The summed E-state index contributed by atoms with van der Waals surface area (Å²) in [6.07, 6.45) is 2.06. The highest BCUT2D eigenvalue weighted by Gasteiger charge is 2.54. The number of benzene rings is 2. The molecule has 3 amide bonds. The number of thiazole rings is 1. The fourth-order valence-corrected chi connectivity index (χ4v) is 7.49. The quantitative estimate of drug-likeness (QED) is 0.0349. The van der Waals surface area contributed by atoms with E-state index in [1.807, 2.05) is 60.7 Å². The van der Waals surface area contributed by atoms with Gasteiger partial charge in [-0.15, -0.1) is 16.4 Å². The van der Waals surface area contributed by atoms with Crippen LogP contribution in [0.5, 0.6) is 11.5 Å². The molecule has 0 bridgehead atoms. The number of oxime groups is 1. The van der Waals surface area contributed by atoms with Gasteiger partial charge in [-0.25, -0.2) is 23.6 Å². The number of nitrogens with zero attached hydrogens (tertiary/aromatic N) is 7. The van der Waals surface area contributed by atoms with Crippen LogP contribution in [0.3, 0.4) is 0 Å². The number of anilines is 1. The lowest BCUT2D eigenvalue weighted by molar-refractivity contribution is -0.179. The van der Waals surface area contributed by atoms with E-state index in [-0.39, 0.29) is 34.0 Å². The molecule has 23 heteroatoms. The van der Waals surface area contributed by atoms with Crippen molar-refractivity contribution in [1.29, 1.82) is 0 Å². The van der Waals surface area contributed by atoms with Crippen molar-refractivity contribution in [2.45, 2.75) is 104 Å². The Morgan fingerprint density at radius 3 is 2.06 bits per heavy atom. The summed E-state index contributed by atoms with van der Waals surface area (Å²) in [4.78, 5) is 67.2. The maximum atomic E-state index is 14.1. The van der Waals surface area contributed by atoms with Crippen molar-refractivity contribution < 1.29 is 55.9 Å². The zero-order valence-electron chi connectivity index (χ0n) is 37.2. The van der Waals surface area contributed by atoms with Crippen LogP contribution < -0.4 is 20.1 Å². The molecule has 1 saturated heterocycles. The molecule has 2 atom stereocenters. The van der Waals surface area contributed by atoms with Gasteiger partial charge in [0.25, 0.3) is 11.8 Å². The van der Waals surface area contributed by atoms with E-state index < -0.39 is 75.3 Å². The summed E-state index contributed by atoms with van der Waals surface area (Å²) in [7, 11) is -5.15. The van der Waals surface area contributed by atoms with Crippen molar-refractivity contribution in [3.63, 3.8) is 0 Å². The van der Waals surface area contributed by atoms with E-state index in [0.29, 0.717) is 17.2 Å². The molecule has 1 fully saturated rings. The van der Waals surface area contributed by atoms with Crippen LogP contribution in [0, 0.1) is 0 Å². The molecule has 21 nitrogen and oxygen atoms in total. The van der Waals surface area contributed by atoms with E-state index in [2.05, 4.69) is 36.1 Å². The molecule has 0 radical (unpaired) electrons. The maximum absolute atomic E-state index is 14.1. The van der Waals surface area contributed by atoms with Gasteiger partial charge in [0.2, 0.25) is 5.60 Å². The number of hydrogen-bond donors (Lipinski definition) is 3. The zero-order chi connectivity index (χ0) is 48.0. The molecule has 350 valence electrons. The summed E-state index contributed by atoms with van der Waals surface area (Å²) < 4.78 is 59.4. The van der Waals surface area contributed by atoms with E-state index >= 15 is 0 Å². The van der Waals surface area contributed by atoms with Gasteiger partial charge in [-0.3, -0.25) is 24.4 Å². The van der Waals surface area contributed by atoms with Gasteiger partial charge >= 0.3 is 22.4 Å². The summed E-state index contributed by atoms with van der Waals surface area (Å²) in [5, 5.41) is 18.5. The Morgan fingerprint density at radius 1 is 0.864 bits per heavy atom. The van der Waals surface area contributed by atoms with Crippen molar-refractivity contribution in [2.75, 3.05) is 5.32 Å². The van der Waals surface area contributed by atoms with Crippen molar-refractivity contribution in [3.05, 3.63) is 101 Å². The standard InChI is InChI=1S/C43H49N9O12S2/c1-41(2,3)62-38(55)43(7,8)64-49-34(30-25-65-39(45-30)47-40(56)63-42(4,5)6)36(53)46-35-31(52(37(35)54)66(57,58)59)22-51-21-29(48-50-51)28-19-32(60-23-26-15-11-9-12-16-26)33(20-44-28)61-24-27-17-13-10-14-18-27/h9-21,25,31,35H,22-24H2,1-8H3,(H,46,53)(H,45,47,56)(H,57,58,59)/b49-34-/t31-,35+/m1/s1. The van der Waals surface area contributed by atoms with E-state index in [1.54, 1.807) is 47.6 Å². The van der Waals surface area contributed by atoms with Crippen LogP contribution in [0.2, 0.25) is 0 Å². The zero-order valence-corrected chi connectivity index (χ0v) is 38.9. The lowest BCUT2D eigenvalue weighted by Gasteiger charge is -2.43. The molecule has 0 saturated carbocycles. The van der Waals surface area contributed by atoms with Crippen LogP contribution in [0.1, 0.15) is 72.2 Å². The second-order valence-electron chi connectivity index (χ2n) is 17.2. The average Bonchev–Trinajstić information content (AvgIpc) is 3.90. The number of rotatable bonds is 17. The van der Waals surface area contributed by atoms with Crippen LogP contribution in [-0.4, -0.2) is 101 Å². The fraction of sp³-hybridized carbons (Fsp3) is 0.372. The molecular formula is C43H49N9O12S2. The van der Waals surface area contributed by atoms with Crippen molar-refractivity contribution in [3.8, 4) is 22.9 Å². The van der Waals surface area contributed by atoms with Gasteiger partial charge < -0.3 is 29.1 Å². The first-order valence-corrected chi connectivity index (χ1v) is 22.5. The highest BCUT2D eigenvalue weighted by Crippen LogP contribution is 2.32. The number of carbonyl (C=O) groups is 4. The Balaban J connectivity index is 1.24. The number of aromatic nitrogens is 5. The van der Waals surface area contributed by atoms with Crippen LogP contribution in [0.4, 0.5) is 9.93 Å². The highest BCUT2D eigenvalue weighted by molar-refractivity contribution is 7.84. The summed E-state index contributed by atoms with van der Waals surface area (Å²) >= 11 is 0.890. The van der Waals surface area contributed by atoms with Crippen LogP contribution in [0.25, 0.3) is 11.4 Å². The number of β-lactam (4-membered cyclic amide) rings is 1. The number of carbonyl (C=O) groups excluding carboxylic acids is 4. The van der Waals surface area contributed by atoms with E-state index in [1.165, 1.54) is 36.3 Å². The Morgan fingerprint density at radius 2 is 1.47 bits per heavy atom. The van der Waals surface area contributed by atoms with E-state index in [0.717, 1.165) is 22.5 Å². The Labute approximate surface area is 384 Å². The first kappa shape index (κ1) is 48.5. The molecule has 1 aliphatic rings. The van der Waals surface area contributed by atoms with Crippen LogP contribution >= 0.6 is 11.3 Å². The topological polar surface area (TPSA) is 265 Å². The van der Waals surface area contributed by atoms with Gasteiger partial charge in [-0.2, -0.15) is 8.42 Å². The summed E-state index contributed by atoms with van der Waals surface area (Å²) in [6.45, 7) is 12.7. The van der Waals surface area contributed by atoms with Gasteiger partial charge in [0.05, 0.1) is 30.7 Å². The largest absolute Gasteiger partial charge is 0.485 e. The minimum absolute atomic E-state index is 0.0120. The van der Waals surface area contributed by atoms with Crippen molar-refractivity contribution in [2.24, 2.45) is 5.16 Å². The molecule has 1 aliphatic heterocycles. The highest BCUT2D eigenvalue weighted by atomic mass is 32.2. The predicted octanol–water partition coefficient (Wildman–Crippen LogP) is 5.34.